The number of primary sulfonamides is 1. The van der Waals surface area contributed by atoms with Gasteiger partial charge < -0.3 is 14.8 Å². The van der Waals surface area contributed by atoms with E-state index < -0.39 is 16.0 Å². The number of hydrogen-bond acceptors (Lipinski definition) is 8. The third-order valence-electron chi connectivity index (χ3n) is 2.81. The van der Waals surface area contributed by atoms with Gasteiger partial charge in [0, 0.05) is 17.7 Å². The summed E-state index contributed by atoms with van der Waals surface area (Å²) in [6, 6.07) is 5.88. The molecule has 1 heterocycles. The summed E-state index contributed by atoms with van der Waals surface area (Å²) in [5.74, 6) is -0.524. The number of hydrogen-bond donors (Lipinski definition) is 2. The number of thiazole rings is 1. The van der Waals surface area contributed by atoms with Crippen molar-refractivity contribution in [3.8, 4) is 0 Å². The van der Waals surface area contributed by atoms with E-state index in [1.807, 2.05) is 6.92 Å². The van der Waals surface area contributed by atoms with Crippen molar-refractivity contribution in [2.24, 2.45) is 5.14 Å². The third-order valence-corrected chi connectivity index (χ3v) is 4.50. The Morgan fingerprint density at radius 3 is 2.62 bits per heavy atom. The molecule has 0 aliphatic rings. The second kappa shape index (κ2) is 8.20. The van der Waals surface area contributed by atoms with Crippen molar-refractivity contribution in [3.05, 3.63) is 35.3 Å². The number of carbonyl (C=O) groups is 1. The highest BCUT2D eigenvalue weighted by atomic mass is 32.2. The van der Waals surface area contributed by atoms with Crippen LogP contribution in [-0.4, -0.2) is 39.2 Å². The van der Waals surface area contributed by atoms with Crippen LogP contribution in [0.5, 0.6) is 0 Å². The molecule has 0 fully saturated rings. The fourth-order valence-corrected chi connectivity index (χ4v) is 2.90. The predicted octanol–water partition coefficient (Wildman–Crippen LogP) is 1.73. The maximum Gasteiger partial charge on any atom is 0.357 e. The van der Waals surface area contributed by atoms with Crippen LogP contribution in [0.4, 0.5) is 10.8 Å². The number of esters is 1. The maximum atomic E-state index is 11.8. The van der Waals surface area contributed by atoms with Crippen LogP contribution in [-0.2, 0) is 19.5 Å². The van der Waals surface area contributed by atoms with E-state index in [1.54, 1.807) is 17.5 Å². The molecular formula is C14H17N3O5S2. The van der Waals surface area contributed by atoms with Gasteiger partial charge in [-0.05, 0) is 31.2 Å². The lowest BCUT2D eigenvalue weighted by atomic mass is 10.3. The Morgan fingerprint density at radius 2 is 2.00 bits per heavy atom. The van der Waals surface area contributed by atoms with E-state index in [-0.39, 0.29) is 17.2 Å². The summed E-state index contributed by atoms with van der Waals surface area (Å²) in [4.78, 5) is 15.9. The Bertz CT molecular complexity index is 787. The fourth-order valence-electron chi connectivity index (χ4n) is 1.69. The Balaban J connectivity index is 1.95. The molecule has 130 valence electrons. The highest BCUT2D eigenvalue weighted by molar-refractivity contribution is 7.89. The van der Waals surface area contributed by atoms with Gasteiger partial charge in [0.15, 0.2) is 10.8 Å². The van der Waals surface area contributed by atoms with Crippen molar-refractivity contribution in [1.29, 1.82) is 0 Å². The molecule has 24 heavy (non-hydrogen) atoms. The lowest BCUT2D eigenvalue weighted by Crippen LogP contribution is -2.11. The summed E-state index contributed by atoms with van der Waals surface area (Å²) in [5, 5.41) is 10.1. The van der Waals surface area contributed by atoms with Crippen LogP contribution in [0.15, 0.2) is 34.5 Å². The number of carbonyl (C=O) groups excluding carboxylic acids is 1. The minimum Gasteiger partial charge on any atom is -0.458 e. The molecule has 0 unspecified atom stereocenters. The summed E-state index contributed by atoms with van der Waals surface area (Å²) in [7, 11) is -3.72. The van der Waals surface area contributed by atoms with Crippen LogP contribution in [0.1, 0.15) is 17.4 Å². The topological polar surface area (TPSA) is 121 Å². The van der Waals surface area contributed by atoms with Crippen molar-refractivity contribution in [2.45, 2.75) is 11.8 Å². The molecule has 0 spiro atoms. The van der Waals surface area contributed by atoms with Gasteiger partial charge in [-0.3, -0.25) is 0 Å². The molecule has 0 amide bonds. The minimum absolute atomic E-state index is 0.0192. The molecule has 0 bridgehead atoms. The Morgan fingerprint density at radius 1 is 1.29 bits per heavy atom. The lowest BCUT2D eigenvalue weighted by molar-refractivity contribution is 0.0330. The number of benzene rings is 1. The average Bonchev–Trinajstić information content (AvgIpc) is 2.99. The first-order chi connectivity index (χ1) is 11.4. The van der Waals surface area contributed by atoms with Gasteiger partial charge in [0.2, 0.25) is 10.0 Å². The standard InChI is InChI=1S/C14H17N3O5S2/c1-2-21-7-8-22-13(18)12-9-23-14(17-12)16-10-3-5-11(6-4-10)24(15,19)20/h3-6,9H,2,7-8H2,1H3,(H,16,17)(H2,15,19,20). The molecule has 0 aliphatic carbocycles. The number of ether oxygens (including phenoxy) is 2. The van der Waals surface area contributed by atoms with Crippen LogP contribution in [0.2, 0.25) is 0 Å². The second-order valence-electron chi connectivity index (χ2n) is 4.57. The molecule has 2 aromatic rings. The van der Waals surface area contributed by atoms with Crippen LogP contribution < -0.4 is 10.5 Å². The van der Waals surface area contributed by atoms with Crippen molar-refractivity contribution in [1.82, 2.24) is 4.98 Å². The van der Waals surface area contributed by atoms with Gasteiger partial charge in [0.1, 0.15) is 6.61 Å². The Labute approximate surface area is 143 Å². The first-order valence-corrected chi connectivity index (χ1v) is 9.43. The first-order valence-electron chi connectivity index (χ1n) is 7.00. The number of rotatable bonds is 8. The summed E-state index contributed by atoms with van der Waals surface area (Å²) in [6.45, 7) is 2.93. The first kappa shape index (κ1) is 18.3. The van der Waals surface area contributed by atoms with E-state index in [0.29, 0.717) is 24.0 Å². The molecule has 0 aliphatic heterocycles. The SMILES string of the molecule is CCOCCOC(=O)c1csc(Nc2ccc(S(N)(=O)=O)cc2)n1. The van der Waals surface area contributed by atoms with Gasteiger partial charge in [-0.15, -0.1) is 11.3 Å². The molecule has 3 N–H and O–H groups in total. The Hall–Kier alpha value is -2.01. The number of aromatic nitrogens is 1. The van der Waals surface area contributed by atoms with Crippen molar-refractivity contribution < 1.29 is 22.7 Å². The molecule has 1 aromatic heterocycles. The Kier molecular flexibility index (Phi) is 6.26. The molecule has 2 rings (SSSR count). The molecule has 0 saturated heterocycles. The average molecular weight is 371 g/mol. The van der Waals surface area contributed by atoms with E-state index in [1.165, 1.54) is 23.5 Å². The number of sulfonamides is 1. The summed E-state index contributed by atoms with van der Waals surface area (Å²) >= 11 is 1.23. The van der Waals surface area contributed by atoms with Gasteiger partial charge in [-0.25, -0.2) is 23.3 Å². The zero-order chi connectivity index (χ0) is 17.6. The molecule has 8 nitrogen and oxygen atoms in total. The largest absolute Gasteiger partial charge is 0.458 e. The van der Waals surface area contributed by atoms with E-state index in [4.69, 9.17) is 14.6 Å². The van der Waals surface area contributed by atoms with Gasteiger partial charge >= 0.3 is 5.97 Å². The van der Waals surface area contributed by atoms with Crippen molar-refractivity contribution in [3.63, 3.8) is 0 Å². The maximum absolute atomic E-state index is 11.8. The zero-order valence-corrected chi connectivity index (χ0v) is 14.5. The van der Waals surface area contributed by atoms with Crippen LogP contribution >= 0.6 is 11.3 Å². The number of nitrogens with one attached hydrogen (secondary N) is 1. The van der Waals surface area contributed by atoms with E-state index >= 15 is 0 Å². The number of nitrogens with two attached hydrogens (primary N) is 1. The van der Waals surface area contributed by atoms with Crippen LogP contribution in [0.3, 0.4) is 0 Å². The third kappa shape index (κ3) is 5.27. The molecule has 0 atom stereocenters. The monoisotopic (exact) mass is 371 g/mol. The van der Waals surface area contributed by atoms with Crippen LogP contribution in [0.25, 0.3) is 0 Å². The van der Waals surface area contributed by atoms with E-state index in [9.17, 15) is 13.2 Å². The molecule has 0 radical (unpaired) electrons. The second-order valence-corrected chi connectivity index (χ2v) is 6.98. The molecule has 1 aromatic carbocycles. The summed E-state index contributed by atoms with van der Waals surface area (Å²) in [6.07, 6.45) is 0. The van der Waals surface area contributed by atoms with Crippen LogP contribution in [0, 0.1) is 0 Å². The molecular weight excluding hydrogens is 354 g/mol. The lowest BCUT2D eigenvalue weighted by Gasteiger charge is -2.04. The highest BCUT2D eigenvalue weighted by Crippen LogP contribution is 2.22. The van der Waals surface area contributed by atoms with Crippen molar-refractivity contribution >= 4 is 38.1 Å². The smallest absolute Gasteiger partial charge is 0.357 e. The van der Waals surface area contributed by atoms with Gasteiger partial charge in [-0.1, -0.05) is 0 Å². The minimum atomic E-state index is -3.72. The molecule has 0 saturated carbocycles. The van der Waals surface area contributed by atoms with E-state index in [0.717, 1.165) is 0 Å². The van der Waals surface area contributed by atoms with Gasteiger partial charge in [0.25, 0.3) is 0 Å². The predicted molar refractivity (Wildman–Crippen MR) is 90.0 cm³/mol. The van der Waals surface area contributed by atoms with E-state index in [2.05, 4.69) is 10.3 Å². The van der Waals surface area contributed by atoms with Gasteiger partial charge in [0.05, 0.1) is 11.5 Å². The summed E-state index contributed by atoms with van der Waals surface area (Å²) < 4.78 is 32.5. The zero-order valence-electron chi connectivity index (χ0n) is 12.9. The number of anilines is 2. The van der Waals surface area contributed by atoms with Crippen molar-refractivity contribution in [2.75, 3.05) is 25.1 Å². The highest BCUT2D eigenvalue weighted by Gasteiger charge is 2.13. The number of nitrogens with zero attached hydrogens (tertiary/aromatic N) is 1. The van der Waals surface area contributed by atoms with Gasteiger partial charge in [-0.2, -0.15) is 0 Å². The quantitative estimate of drug-likeness (QED) is 0.535. The summed E-state index contributed by atoms with van der Waals surface area (Å²) in [5.41, 5.74) is 0.813. The fraction of sp³-hybridized carbons (Fsp3) is 0.286. The normalized spacial score (nSPS) is 11.2. The molecule has 10 heteroatoms.